The van der Waals surface area contributed by atoms with Gasteiger partial charge in [0.05, 0.1) is 19.2 Å². The Hall–Kier alpha value is -3.21. The first-order chi connectivity index (χ1) is 17.4. The zero-order valence-corrected chi connectivity index (χ0v) is 21.4. The Balaban J connectivity index is 1.44. The van der Waals surface area contributed by atoms with Crippen LogP contribution in [0.4, 0.5) is 4.39 Å². The van der Waals surface area contributed by atoms with Crippen molar-refractivity contribution in [3.05, 3.63) is 71.0 Å². The number of hydrogen-bond donors (Lipinski definition) is 2. The molecule has 0 saturated carbocycles. The van der Waals surface area contributed by atoms with E-state index in [4.69, 9.17) is 4.74 Å². The number of ether oxygens (including phenoxy) is 1. The topological polar surface area (TPSA) is 96.5 Å². The maximum Gasteiger partial charge on any atom is 0.246 e. The number of carbonyl (C=O) groups excluding carboxylic acids is 2. The van der Waals surface area contributed by atoms with Crippen LogP contribution in [0.2, 0.25) is 0 Å². The number of halogens is 1. The number of nitrogens with one attached hydrogen (secondary N) is 2. The summed E-state index contributed by atoms with van der Waals surface area (Å²) in [6.07, 6.45) is 2.21. The van der Waals surface area contributed by atoms with Gasteiger partial charge in [-0.15, -0.1) is 10.2 Å². The van der Waals surface area contributed by atoms with Crippen molar-refractivity contribution in [2.75, 3.05) is 33.8 Å². The molecule has 0 bridgehead atoms. The molecule has 0 aliphatic rings. The summed E-state index contributed by atoms with van der Waals surface area (Å²) in [6.45, 7) is 0.972. The number of unbranched alkanes of at least 4 members (excludes halogenated alkanes) is 1. The highest BCUT2D eigenvalue weighted by molar-refractivity contribution is 7.14. The minimum absolute atomic E-state index is 0.0619. The van der Waals surface area contributed by atoms with Crippen molar-refractivity contribution in [3.8, 4) is 10.6 Å². The molecule has 0 aliphatic carbocycles. The summed E-state index contributed by atoms with van der Waals surface area (Å²) >= 11 is 1.47. The van der Waals surface area contributed by atoms with Gasteiger partial charge in [0.1, 0.15) is 22.4 Å². The van der Waals surface area contributed by atoms with Gasteiger partial charge in [0.2, 0.25) is 11.8 Å². The molecule has 192 valence electrons. The smallest absolute Gasteiger partial charge is 0.246 e. The highest BCUT2D eigenvalue weighted by Crippen LogP contribution is 2.29. The van der Waals surface area contributed by atoms with E-state index in [1.54, 1.807) is 12.1 Å². The number of amides is 2. The Bertz CT molecular complexity index is 1090. The number of rotatable bonds is 14. The molecule has 1 atom stereocenters. The van der Waals surface area contributed by atoms with E-state index in [1.165, 1.54) is 23.5 Å². The number of hydrogen-bond acceptors (Lipinski definition) is 7. The fourth-order valence-electron chi connectivity index (χ4n) is 3.45. The average Bonchev–Trinajstić information content (AvgIpc) is 3.35. The molecule has 36 heavy (non-hydrogen) atoms. The maximum atomic E-state index is 12.9. The van der Waals surface area contributed by atoms with Crippen molar-refractivity contribution in [1.82, 2.24) is 25.7 Å². The van der Waals surface area contributed by atoms with Crippen LogP contribution in [-0.4, -0.2) is 60.7 Å². The Labute approximate surface area is 214 Å². The maximum absolute atomic E-state index is 12.9. The van der Waals surface area contributed by atoms with Gasteiger partial charge in [-0.3, -0.25) is 9.59 Å². The van der Waals surface area contributed by atoms with Gasteiger partial charge in [-0.2, -0.15) is 0 Å². The molecular formula is C26H32FN5O3S. The van der Waals surface area contributed by atoms with Crippen molar-refractivity contribution in [1.29, 1.82) is 0 Å². The largest absolute Gasteiger partial charge is 0.367 e. The predicted octanol–water partition coefficient (Wildman–Crippen LogP) is 3.57. The molecule has 2 N–H and O–H groups in total. The zero-order chi connectivity index (χ0) is 25.8. The van der Waals surface area contributed by atoms with Crippen LogP contribution in [0.25, 0.3) is 10.6 Å². The second kappa shape index (κ2) is 14.4. The first-order valence-corrected chi connectivity index (χ1v) is 12.6. The molecule has 3 rings (SSSR count). The number of likely N-dealkylation sites (N-methyl/N-ethyl adjacent to an activating group) is 1. The third kappa shape index (κ3) is 9.44. The summed E-state index contributed by atoms with van der Waals surface area (Å²) in [6, 6.07) is 15.5. The van der Waals surface area contributed by atoms with Gasteiger partial charge >= 0.3 is 0 Å². The molecule has 0 radical (unpaired) electrons. The monoisotopic (exact) mass is 513 g/mol. The molecule has 8 nitrogen and oxygen atoms in total. The number of carbonyl (C=O) groups is 2. The Morgan fingerprint density at radius 1 is 1.03 bits per heavy atom. The molecule has 0 fully saturated rings. The molecule has 1 unspecified atom stereocenters. The lowest BCUT2D eigenvalue weighted by atomic mass is 10.1. The van der Waals surface area contributed by atoms with Crippen molar-refractivity contribution < 1.29 is 18.7 Å². The average molecular weight is 514 g/mol. The van der Waals surface area contributed by atoms with E-state index in [-0.39, 0.29) is 43.4 Å². The van der Waals surface area contributed by atoms with Crippen LogP contribution in [0.15, 0.2) is 54.6 Å². The van der Waals surface area contributed by atoms with Gasteiger partial charge in [0.15, 0.2) is 0 Å². The molecule has 3 aromatic rings. The van der Waals surface area contributed by atoms with Crippen molar-refractivity contribution in [2.45, 2.75) is 31.9 Å². The third-order valence-corrected chi connectivity index (χ3v) is 6.30. The summed E-state index contributed by atoms with van der Waals surface area (Å²) in [7, 11) is 3.69. The minimum Gasteiger partial charge on any atom is -0.367 e. The first-order valence-electron chi connectivity index (χ1n) is 11.8. The van der Waals surface area contributed by atoms with Crippen LogP contribution in [0, 0.1) is 5.82 Å². The summed E-state index contributed by atoms with van der Waals surface area (Å²) in [5.74, 6) is -0.587. The Kier molecular flexibility index (Phi) is 10.9. The molecule has 2 amide bonds. The molecule has 0 saturated heterocycles. The van der Waals surface area contributed by atoms with Gasteiger partial charge in [-0.1, -0.05) is 53.8 Å². The van der Waals surface area contributed by atoms with E-state index in [1.807, 2.05) is 49.3 Å². The highest BCUT2D eigenvalue weighted by atomic mass is 32.1. The zero-order valence-electron chi connectivity index (χ0n) is 20.6. The highest BCUT2D eigenvalue weighted by Gasteiger charge is 2.20. The van der Waals surface area contributed by atoms with E-state index >= 15 is 0 Å². The van der Waals surface area contributed by atoms with Crippen LogP contribution in [0.5, 0.6) is 0 Å². The molecule has 1 aromatic heterocycles. The fraction of sp³-hybridized carbons (Fsp3) is 0.385. The van der Waals surface area contributed by atoms with Crippen LogP contribution in [-0.2, 0) is 20.9 Å². The lowest BCUT2D eigenvalue weighted by Gasteiger charge is -2.18. The van der Waals surface area contributed by atoms with Crippen molar-refractivity contribution in [2.24, 2.45) is 0 Å². The Morgan fingerprint density at radius 2 is 1.78 bits per heavy atom. The molecule has 2 aromatic carbocycles. The van der Waals surface area contributed by atoms with Gasteiger partial charge < -0.3 is 20.3 Å². The van der Waals surface area contributed by atoms with Gasteiger partial charge in [0.25, 0.3) is 0 Å². The van der Waals surface area contributed by atoms with Crippen LogP contribution >= 0.6 is 11.3 Å². The van der Waals surface area contributed by atoms with E-state index in [0.29, 0.717) is 13.0 Å². The lowest BCUT2D eigenvalue weighted by Crippen LogP contribution is -2.36. The van der Waals surface area contributed by atoms with Crippen LogP contribution < -0.4 is 10.6 Å². The molecule has 10 heteroatoms. The number of aromatic nitrogens is 2. The second-order valence-electron chi connectivity index (χ2n) is 8.63. The normalized spacial score (nSPS) is 11.9. The van der Waals surface area contributed by atoms with E-state index in [9.17, 15) is 14.0 Å². The first kappa shape index (κ1) is 27.4. The Morgan fingerprint density at radius 3 is 2.50 bits per heavy atom. The quantitative estimate of drug-likeness (QED) is 0.320. The van der Waals surface area contributed by atoms with Crippen LogP contribution in [0.1, 0.15) is 35.9 Å². The summed E-state index contributed by atoms with van der Waals surface area (Å²) in [5.41, 5.74) is 1.79. The predicted molar refractivity (Wildman–Crippen MR) is 138 cm³/mol. The third-order valence-electron chi connectivity index (χ3n) is 5.21. The number of nitrogens with zero attached hydrogens (tertiary/aromatic N) is 3. The molecule has 0 aliphatic heterocycles. The van der Waals surface area contributed by atoms with Gasteiger partial charge in [0, 0.05) is 12.1 Å². The van der Waals surface area contributed by atoms with E-state index in [2.05, 4.69) is 20.8 Å². The van der Waals surface area contributed by atoms with Gasteiger partial charge in [-0.25, -0.2) is 4.39 Å². The van der Waals surface area contributed by atoms with Crippen LogP contribution in [0.3, 0.4) is 0 Å². The summed E-state index contributed by atoms with van der Waals surface area (Å²) < 4.78 is 18.3. The standard InChI is InChI=1S/C26H32FN5O3S/c1-32(2)16-23(33)29-22(26-31-30-25(36-26)20-8-4-3-5-9-20)10-6-7-15-28-24(34)18-35-17-19-11-13-21(27)14-12-19/h3-5,8-9,11-14,22H,6-7,10,15-18H2,1-2H3,(H,28,34)(H,29,33). The molecular weight excluding hydrogens is 481 g/mol. The summed E-state index contributed by atoms with van der Waals surface area (Å²) in [5, 5.41) is 16.2. The summed E-state index contributed by atoms with van der Waals surface area (Å²) in [4.78, 5) is 26.3. The minimum atomic E-state index is -0.307. The number of benzene rings is 2. The van der Waals surface area contributed by atoms with Gasteiger partial charge in [-0.05, 0) is 51.1 Å². The lowest BCUT2D eigenvalue weighted by molar-refractivity contribution is -0.126. The van der Waals surface area contributed by atoms with Crippen molar-refractivity contribution in [3.63, 3.8) is 0 Å². The SMILES string of the molecule is CN(C)CC(=O)NC(CCCCNC(=O)COCc1ccc(F)cc1)c1nnc(-c2ccccc2)s1. The van der Waals surface area contributed by atoms with E-state index < -0.39 is 0 Å². The van der Waals surface area contributed by atoms with Crippen molar-refractivity contribution >= 4 is 23.2 Å². The molecule has 0 spiro atoms. The van der Waals surface area contributed by atoms with E-state index in [0.717, 1.165) is 34.0 Å². The fourth-order valence-corrected chi connectivity index (χ4v) is 4.39. The molecule has 1 heterocycles. The second-order valence-corrected chi connectivity index (χ2v) is 9.64.